The van der Waals surface area contributed by atoms with Gasteiger partial charge in [-0.2, -0.15) is 4.98 Å². The zero-order valence-electron chi connectivity index (χ0n) is 14.4. The van der Waals surface area contributed by atoms with Gasteiger partial charge >= 0.3 is 0 Å². The number of nitrogens with zero attached hydrogens (tertiary/aromatic N) is 2. The van der Waals surface area contributed by atoms with Gasteiger partial charge in [-0.25, -0.2) is 0 Å². The molecule has 1 aromatic heterocycles. The Morgan fingerprint density at radius 2 is 1.86 bits per heavy atom. The molecular formula is C16H31N3O2. The van der Waals surface area contributed by atoms with Crippen LogP contribution in [-0.2, 0) is 16.8 Å². The van der Waals surface area contributed by atoms with Crippen molar-refractivity contribution in [3.05, 3.63) is 11.7 Å². The van der Waals surface area contributed by atoms with E-state index < -0.39 is 5.60 Å². The highest BCUT2D eigenvalue weighted by atomic mass is 16.5. The smallest absolute Gasteiger partial charge is 0.228 e. The van der Waals surface area contributed by atoms with Crippen LogP contribution in [-0.4, -0.2) is 29.3 Å². The average Bonchev–Trinajstić information content (AvgIpc) is 2.93. The van der Waals surface area contributed by atoms with Crippen molar-refractivity contribution in [3.8, 4) is 0 Å². The molecule has 1 atom stereocenters. The van der Waals surface area contributed by atoms with E-state index in [0.717, 1.165) is 25.8 Å². The minimum Gasteiger partial charge on any atom is -0.367 e. The van der Waals surface area contributed by atoms with E-state index in [1.165, 1.54) is 0 Å². The van der Waals surface area contributed by atoms with Gasteiger partial charge in [0.25, 0.3) is 0 Å². The van der Waals surface area contributed by atoms with Gasteiger partial charge in [0.1, 0.15) is 5.60 Å². The monoisotopic (exact) mass is 297 g/mol. The van der Waals surface area contributed by atoms with Crippen molar-refractivity contribution >= 4 is 0 Å². The van der Waals surface area contributed by atoms with Gasteiger partial charge in [0.05, 0.1) is 0 Å². The Kier molecular flexibility index (Phi) is 7.32. The van der Waals surface area contributed by atoms with E-state index in [0.29, 0.717) is 30.3 Å². The Balaban J connectivity index is 2.88. The molecular weight excluding hydrogens is 266 g/mol. The summed E-state index contributed by atoms with van der Waals surface area (Å²) in [5.74, 6) is 1.90. The number of hydrogen-bond acceptors (Lipinski definition) is 5. The first kappa shape index (κ1) is 18.1. The van der Waals surface area contributed by atoms with Crippen LogP contribution in [0.15, 0.2) is 4.52 Å². The molecule has 0 spiro atoms. The molecule has 0 saturated carbocycles. The van der Waals surface area contributed by atoms with E-state index in [1.807, 2.05) is 6.92 Å². The topological polar surface area (TPSA) is 60.2 Å². The normalized spacial score (nSPS) is 13.9. The van der Waals surface area contributed by atoms with E-state index in [-0.39, 0.29) is 0 Å². The Labute approximate surface area is 128 Å². The first-order valence-corrected chi connectivity index (χ1v) is 8.23. The molecule has 122 valence electrons. The third-order valence-corrected chi connectivity index (χ3v) is 4.10. The molecule has 5 nitrogen and oxygen atoms in total. The van der Waals surface area contributed by atoms with E-state index in [9.17, 15) is 0 Å². The maximum Gasteiger partial charge on any atom is 0.228 e. The molecule has 0 bridgehead atoms. The summed E-state index contributed by atoms with van der Waals surface area (Å²) >= 11 is 0. The second-order valence-corrected chi connectivity index (χ2v) is 5.76. The lowest BCUT2D eigenvalue weighted by Crippen LogP contribution is -2.35. The zero-order valence-corrected chi connectivity index (χ0v) is 14.4. The first-order chi connectivity index (χ1) is 10.0. The Bertz CT molecular complexity index is 400. The molecule has 1 N–H and O–H groups in total. The maximum absolute atomic E-state index is 5.93. The van der Waals surface area contributed by atoms with Crippen LogP contribution in [0.3, 0.4) is 0 Å². The van der Waals surface area contributed by atoms with E-state index in [4.69, 9.17) is 9.26 Å². The van der Waals surface area contributed by atoms with Crippen LogP contribution >= 0.6 is 0 Å². The molecule has 1 heterocycles. The molecule has 0 aliphatic carbocycles. The number of nitrogens with one attached hydrogen (secondary N) is 1. The summed E-state index contributed by atoms with van der Waals surface area (Å²) in [6.07, 6.45) is 2.45. The lowest BCUT2D eigenvalue weighted by Gasteiger charge is -2.27. The molecule has 0 fully saturated rings. The van der Waals surface area contributed by atoms with Crippen molar-refractivity contribution in [2.45, 2.75) is 72.4 Å². The van der Waals surface area contributed by atoms with Gasteiger partial charge in [-0.15, -0.1) is 0 Å². The molecule has 0 aliphatic rings. The minimum atomic E-state index is -0.415. The van der Waals surface area contributed by atoms with Crippen LogP contribution in [0.2, 0.25) is 0 Å². The quantitative estimate of drug-likeness (QED) is 0.718. The summed E-state index contributed by atoms with van der Waals surface area (Å²) < 4.78 is 11.4. The van der Waals surface area contributed by atoms with Crippen LogP contribution in [0.4, 0.5) is 0 Å². The number of ether oxygens (including phenoxy) is 1. The summed E-state index contributed by atoms with van der Waals surface area (Å²) in [5.41, 5.74) is -0.415. The fourth-order valence-electron chi connectivity index (χ4n) is 2.63. The van der Waals surface area contributed by atoms with Crippen LogP contribution in [0.5, 0.6) is 0 Å². The van der Waals surface area contributed by atoms with Crippen LogP contribution in [0.1, 0.15) is 66.1 Å². The van der Waals surface area contributed by atoms with E-state index >= 15 is 0 Å². The Hall–Kier alpha value is -0.940. The fourth-order valence-corrected chi connectivity index (χ4v) is 2.63. The van der Waals surface area contributed by atoms with Crippen molar-refractivity contribution < 1.29 is 9.26 Å². The average molecular weight is 297 g/mol. The van der Waals surface area contributed by atoms with Crippen LogP contribution < -0.4 is 5.32 Å². The van der Waals surface area contributed by atoms with Crippen molar-refractivity contribution in [3.63, 3.8) is 0 Å². The molecule has 0 saturated heterocycles. The molecule has 0 amide bonds. The first-order valence-electron chi connectivity index (χ1n) is 8.23. The van der Waals surface area contributed by atoms with Crippen LogP contribution in [0.25, 0.3) is 0 Å². The Morgan fingerprint density at radius 3 is 2.33 bits per heavy atom. The van der Waals surface area contributed by atoms with Crippen molar-refractivity contribution in [1.29, 1.82) is 0 Å². The fraction of sp³-hybridized carbons (Fsp3) is 0.875. The molecule has 1 rings (SSSR count). The Morgan fingerprint density at radius 1 is 1.19 bits per heavy atom. The lowest BCUT2D eigenvalue weighted by atomic mass is 9.96. The van der Waals surface area contributed by atoms with Gasteiger partial charge in [0.15, 0.2) is 0 Å². The third kappa shape index (κ3) is 4.51. The second-order valence-electron chi connectivity index (χ2n) is 5.76. The largest absolute Gasteiger partial charge is 0.367 e. The third-order valence-electron chi connectivity index (χ3n) is 4.10. The summed E-state index contributed by atoms with van der Waals surface area (Å²) in [5, 5.41) is 7.66. The number of rotatable bonds is 10. The van der Waals surface area contributed by atoms with Gasteiger partial charge in [-0.1, -0.05) is 39.8 Å². The van der Waals surface area contributed by atoms with E-state index in [2.05, 4.69) is 50.1 Å². The maximum atomic E-state index is 5.93. The van der Waals surface area contributed by atoms with Crippen molar-refractivity contribution in [1.82, 2.24) is 15.5 Å². The number of likely N-dealkylation sites (N-methyl/N-ethyl adjacent to an activating group) is 1. The van der Waals surface area contributed by atoms with Gasteiger partial charge in [-0.05, 0) is 32.2 Å². The van der Waals surface area contributed by atoms with Crippen molar-refractivity contribution in [2.24, 2.45) is 5.92 Å². The predicted molar refractivity (Wildman–Crippen MR) is 84.2 cm³/mol. The highest BCUT2D eigenvalue weighted by Gasteiger charge is 2.34. The zero-order chi connectivity index (χ0) is 15.9. The SMILES string of the molecule is CCNC(Cc1nc(C(CC)(CC)OCC)no1)C(C)C. The number of hydrogen-bond donors (Lipinski definition) is 1. The minimum absolute atomic E-state index is 0.355. The van der Waals surface area contributed by atoms with E-state index in [1.54, 1.807) is 0 Å². The second kappa shape index (κ2) is 8.49. The number of aromatic nitrogens is 2. The highest BCUT2D eigenvalue weighted by molar-refractivity contribution is 5.02. The molecule has 1 unspecified atom stereocenters. The summed E-state index contributed by atoms with van der Waals surface area (Å²) in [6, 6.07) is 0.355. The summed E-state index contributed by atoms with van der Waals surface area (Å²) in [7, 11) is 0. The molecule has 0 aliphatic heterocycles. The predicted octanol–water partition coefficient (Wildman–Crippen LogP) is 3.30. The van der Waals surface area contributed by atoms with Crippen molar-refractivity contribution in [2.75, 3.05) is 13.2 Å². The standard InChI is InChI=1S/C16H31N3O2/c1-7-16(8-2,20-10-4)15-18-14(21-19-15)11-13(12(5)6)17-9-3/h12-13,17H,7-11H2,1-6H3. The highest BCUT2D eigenvalue weighted by Crippen LogP contribution is 2.31. The molecule has 0 aromatic carbocycles. The summed E-state index contributed by atoms with van der Waals surface area (Å²) in [6.45, 7) is 14.3. The summed E-state index contributed by atoms with van der Waals surface area (Å²) in [4.78, 5) is 4.60. The van der Waals surface area contributed by atoms with Gasteiger partial charge in [-0.3, -0.25) is 0 Å². The molecule has 21 heavy (non-hydrogen) atoms. The lowest BCUT2D eigenvalue weighted by molar-refractivity contribution is -0.0583. The van der Waals surface area contributed by atoms with Crippen LogP contribution in [0, 0.1) is 5.92 Å². The van der Waals surface area contributed by atoms with Gasteiger partial charge < -0.3 is 14.6 Å². The molecule has 0 radical (unpaired) electrons. The molecule has 5 heteroatoms. The van der Waals surface area contributed by atoms with Gasteiger partial charge in [0, 0.05) is 19.1 Å². The van der Waals surface area contributed by atoms with Gasteiger partial charge in [0.2, 0.25) is 11.7 Å². The molecule has 1 aromatic rings.